The number of anilines is 1. The predicted octanol–water partition coefficient (Wildman–Crippen LogP) is 3.64. The molecule has 4 nitrogen and oxygen atoms in total. The quantitative estimate of drug-likeness (QED) is 0.795. The van der Waals surface area contributed by atoms with Gasteiger partial charge in [-0.2, -0.15) is 0 Å². The lowest BCUT2D eigenvalue weighted by Crippen LogP contribution is -1.99. The van der Waals surface area contributed by atoms with Crippen LogP contribution in [0.4, 0.5) is 5.69 Å². The van der Waals surface area contributed by atoms with E-state index in [9.17, 15) is 0 Å². The summed E-state index contributed by atoms with van der Waals surface area (Å²) >= 11 is 0. The molecular weight excluding hydrogens is 260 g/mol. The third-order valence-electron chi connectivity index (χ3n) is 3.61. The Balaban J connectivity index is 2.05. The fraction of sp³-hybridized carbons (Fsp3) is 0.176. The van der Waals surface area contributed by atoms with Crippen LogP contribution in [0.3, 0.4) is 0 Å². The number of pyridine rings is 1. The number of imidazole rings is 1. The molecule has 0 fully saturated rings. The largest absolute Gasteiger partial charge is 0.398 e. The molecular formula is C17H18N4. The summed E-state index contributed by atoms with van der Waals surface area (Å²) in [4.78, 5) is 8.41. The number of nitrogens with two attached hydrogens (primary N) is 1. The van der Waals surface area contributed by atoms with Gasteiger partial charge in [0, 0.05) is 29.3 Å². The van der Waals surface area contributed by atoms with Gasteiger partial charge in [-0.15, -0.1) is 0 Å². The van der Waals surface area contributed by atoms with Crippen LogP contribution in [0.15, 0.2) is 55.2 Å². The first-order valence-electron chi connectivity index (χ1n) is 6.99. The summed E-state index contributed by atoms with van der Waals surface area (Å²) in [5.74, 6) is 0.523. The molecule has 0 atom stereocenters. The van der Waals surface area contributed by atoms with Crippen molar-refractivity contribution >= 4 is 5.69 Å². The van der Waals surface area contributed by atoms with Gasteiger partial charge < -0.3 is 5.73 Å². The number of nitrogen functional groups attached to an aromatic ring is 1. The van der Waals surface area contributed by atoms with E-state index in [4.69, 9.17) is 5.73 Å². The average molecular weight is 278 g/mol. The standard InChI is InChI=1S/C17H18N4/c1-12(2)13-3-5-14(6-4-13)21-11-20-10-17(21)15-9-19-8-7-16(15)18/h3-12H,1-2H3,(H2,18,19). The molecule has 4 heteroatoms. The molecule has 0 bridgehead atoms. The molecule has 0 unspecified atom stereocenters. The number of hydrogen-bond acceptors (Lipinski definition) is 3. The van der Waals surface area contributed by atoms with Crippen LogP contribution < -0.4 is 5.73 Å². The zero-order chi connectivity index (χ0) is 14.8. The lowest BCUT2D eigenvalue weighted by atomic mass is 10.0. The monoisotopic (exact) mass is 278 g/mol. The fourth-order valence-electron chi connectivity index (χ4n) is 2.34. The van der Waals surface area contributed by atoms with Gasteiger partial charge in [-0.25, -0.2) is 4.98 Å². The van der Waals surface area contributed by atoms with Crippen molar-refractivity contribution < 1.29 is 0 Å². The van der Waals surface area contributed by atoms with E-state index >= 15 is 0 Å². The molecule has 0 aliphatic heterocycles. The van der Waals surface area contributed by atoms with Gasteiger partial charge in [0.2, 0.25) is 0 Å². The van der Waals surface area contributed by atoms with Crippen LogP contribution in [0, 0.1) is 0 Å². The highest BCUT2D eigenvalue weighted by atomic mass is 15.1. The zero-order valence-corrected chi connectivity index (χ0v) is 12.2. The van der Waals surface area contributed by atoms with Gasteiger partial charge in [-0.1, -0.05) is 26.0 Å². The van der Waals surface area contributed by atoms with Crippen molar-refractivity contribution in [2.45, 2.75) is 19.8 Å². The molecule has 21 heavy (non-hydrogen) atoms. The molecule has 0 radical (unpaired) electrons. The summed E-state index contributed by atoms with van der Waals surface area (Å²) in [5, 5.41) is 0. The Labute approximate surface area is 124 Å². The third-order valence-corrected chi connectivity index (χ3v) is 3.61. The van der Waals surface area contributed by atoms with E-state index in [0.717, 1.165) is 16.9 Å². The Morgan fingerprint density at radius 2 is 1.76 bits per heavy atom. The van der Waals surface area contributed by atoms with Gasteiger partial charge in [0.25, 0.3) is 0 Å². The minimum Gasteiger partial charge on any atom is -0.398 e. The molecule has 1 aromatic carbocycles. The summed E-state index contributed by atoms with van der Waals surface area (Å²) in [5.41, 5.74) is 11.0. The van der Waals surface area contributed by atoms with E-state index in [2.05, 4.69) is 48.1 Å². The van der Waals surface area contributed by atoms with Crippen LogP contribution in [-0.4, -0.2) is 14.5 Å². The minimum atomic E-state index is 0.523. The second-order valence-corrected chi connectivity index (χ2v) is 5.36. The fourth-order valence-corrected chi connectivity index (χ4v) is 2.34. The van der Waals surface area contributed by atoms with Crippen molar-refractivity contribution in [3.63, 3.8) is 0 Å². The number of aromatic nitrogens is 3. The van der Waals surface area contributed by atoms with E-state index in [-0.39, 0.29) is 0 Å². The van der Waals surface area contributed by atoms with Crippen molar-refractivity contribution in [1.82, 2.24) is 14.5 Å². The lowest BCUT2D eigenvalue weighted by Gasteiger charge is -2.11. The number of benzene rings is 1. The summed E-state index contributed by atoms with van der Waals surface area (Å²) in [6.07, 6.45) is 7.07. The van der Waals surface area contributed by atoms with E-state index in [1.807, 2.05) is 10.8 Å². The van der Waals surface area contributed by atoms with Crippen LogP contribution in [0.2, 0.25) is 0 Å². The molecule has 0 aliphatic rings. The number of rotatable bonds is 3. The van der Waals surface area contributed by atoms with Crippen molar-refractivity contribution in [1.29, 1.82) is 0 Å². The molecule has 3 aromatic rings. The van der Waals surface area contributed by atoms with Gasteiger partial charge in [-0.3, -0.25) is 9.55 Å². The van der Waals surface area contributed by atoms with Crippen LogP contribution in [0.1, 0.15) is 25.3 Å². The zero-order valence-electron chi connectivity index (χ0n) is 12.2. The van der Waals surface area contributed by atoms with Crippen molar-refractivity contribution in [3.8, 4) is 16.9 Å². The Morgan fingerprint density at radius 3 is 2.43 bits per heavy atom. The highest BCUT2D eigenvalue weighted by molar-refractivity contribution is 5.73. The van der Waals surface area contributed by atoms with E-state index in [1.54, 1.807) is 24.8 Å². The van der Waals surface area contributed by atoms with Gasteiger partial charge in [0.15, 0.2) is 0 Å². The first-order valence-corrected chi connectivity index (χ1v) is 6.99. The molecule has 106 valence electrons. The Bertz CT molecular complexity index is 741. The molecule has 0 aliphatic carbocycles. The van der Waals surface area contributed by atoms with Gasteiger partial charge in [0.05, 0.1) is 18.2 Å². The third kappa shape index (κ3) is 2.52. The summed E-state index contributed by atoms with van der Waals surface area (Å²) in [6.45, 7) is 4.38. The maximum atomic E-state index is 6.04. The van der Waals surface area contributed by atoms with Crippen molar-refractivity contribution in [2.75, 3.05) is 5.73 Å². The lowest BCUT2D eigenvalue weighted by molar-refractivity contribution is 0.865. The van der Waals surface area contributed by atoms with Crippen LogP contribution >= 0.6 is 0 Å². The molecule has 0 spiro atoms. The van der Waals surface area contributed by atoms with E-state index < -0.39 is 0 Å². The highest BCUT2D eigenvalue weighted by Crippen LogP contribution is 2.27. The summed E-state index contributed by atoms with van der Waals surface area (Å²) in [7, 11) is 0. The van der Waals surface area contributed by atoms with E-state index in [1.165, 1.54) is 5.56 Å². The molecule has 0 amide bonds. The highest BCUT2D eigenvalue weighted by Gasteiger charge is 2.10. The smallest absolute Gasteiger partial charge is 0.0997 e. The Morgan fingerprint density at radius 1 is 1.00 bits per heavy atom. The molecule has 3 rings (SSSR count). The van der Waals surface area contributed by atoms with Crippen molar-refractivity contribution in [3.05, 3.63) is 60.8 Å². The van der Waals surface area contributed by atoms with Crippen LogP contribution in [0.25, 0.3) is 16.9 Å². The predicted molar refractivity (Wildman–Crippen MR) is 85.3 cm³/mol. The average Bonchev–Trinajstić information content (AvgIpc) is 2.97. The second kappa shape index (κ2) is 5.40. The van der Waals surface area contributed by atoms with Crippen molar-refractivity contribution in [2.24, 2.45) is 0 Å². The maximum absolute atomic E-state index is 6.04. The Hall–Kier alpha value is -2.62. The normalized spacial score (nSPS) is 11.0. The van der Waals surface area contributed by atoms with Gasteiger partial charge in [0.1, 0.15) is 0 Å². The topological polar surface area (TPSA) is 56.7 Å². The van der Waals surface area contributed by atoms with Gasteiger partial charge in [-0.05, 0) is 29.7 Å². The first-order chi connectivity index (χ1) is 10.2. The molecule has 0 saturated heterocycles. The Kier molecular flexibility index (Phi) is 3.44. The number of nitrogens with zero attached hydrogens (tertiary/aromatic N) is 3. The van der Waals surface area contributed by atoms with Gasteiger partial charge >= 0.3 is 0 Å². The van der Waals surface area contributed by atoms with E-state index in [0.29, 0.717) is 11.6 Å². The molecule has 2 aromatic heterocycles. The SMILES string of the molecule is CC(C)c1ccc(-n2cncc2-c2cnccc2N)cc1. The maximum Gasteiger partial charge on any atom is 0.0997 e. The summed E-state index contributed by atoms with van der Waals surface area (Å²) < 4.78 is 2.03. The minimum absolute atomic E-state index is 0.523. The number of hydrogen-bond donors (Lipinski definition) is 1. The van der Waals surface area contributed by atoms with Crippen LogP contribution in [0.5, 0.6) is 0 Å². The molecule has 0 saturated carbocycles. The molecule has 2 N–H and O–H groups in total. The first kappa shape index (κ1) is 13.4. The molecule has 2 heterocycles. The van der Waals surface area contributed by atoms with Crippen LogP contribution in [-0.2, 0) is 0 Å². The summed E-state index contributed by atoms with van der Waals surface area (Å²) in [6, 6.07) is 10.3. The second-order valence-electron chi connectivity index (χ2n) is 5.36.